The number of benzene rings is 1. The van der Waals surface area contributed by atoms with Crippen LogP contribution in [0, 0.1) is 12.3 Å². The number of β-amino-alcohol motifs (C(OH)–C–C–N with tert-alkyl or cyclic N) is 1. The summed E-state index contributed by atoms with van der Waals surface area (Å²) in [7, 11) is 0. The number of carbonyl (C=O) groups is 3. The van der Waals surface area contributed by atoms with Crippen molar-refractivity contribution in [1.29, 1.82) is 0 Å². The first-order chi connectivity index (χ1) is 21.0. The number of nitrogens with two attached hydrogens (primary N) is 1. The highest BCUT2D eigenvalue weighted by Gasteiger charge is 2.44. The number of piperidine rings is 1. The number of hydrogen-bond acceptors (Lipinski definition) is 9. The highest BCUT2D eigenvalue weighted by molar-refractivity contribution is 7.13. The SMILES string of the molecule is Cc1ncsc1-c1ccc(CNC(=O)[C@@H]2C[C@@H](O)CN2C(=O)[C@@H](NC(=O)COC2CCN(CCCN)CC2)C(C)(C)C)cc1. The molecule has 11 nitrogen and oxygen atoms in total. The van der Waals surface area contributed by atoms with Crippen molar-refractivity contribution in [2.45, 2.75) is 84.2 Å². The van der Waals surface area contributed by atoms with Crippen molar-refractivity contribution in [3.05, 3.63) is 41.0 Å². The Hall–Kier alpha value is -2.90. The zero-order valence-corrected chi connectivity index (χ0v) is 27.2. The maximum Gasteiger partial charge on any atom is 0.246 e. The van der Waals surface area contributed by atoms with E-state index >= 15 is 0 Å². The number of thiazole rings is 1. The molecule has 0 spiro atoms. The Morgan fingerprint density at radius 2 is 1.89 bits per heavy atom. The fourth-order valence-corrected chi connectivity index (χ4v) is 6.60. The van der Waals surface area contributed by atoms with Crippen molar-refractivity contribution in [1.82, 2.24) is 25.4 Å². The number of aromatic nitrogens is 1. The zero-order chi connectivity index (χ0) is 31.9. The Morgan fingerprint density at radius 1 is 1.18 bits per heavy atom. The minimum atomic E-state index is -0.889. The van der Waals surface area contributed by atoms with Crippen molar-refractivity contribution in [3.63, 3.8) is 0 Å². The van der Waals surface area contributed by atoms with Gasteiger partial charge in [0.2, 0.25) is 17.7 Å². The molecule has 3 amide bonds. The second-order valence-electron chi connectivity index (χ2n) is 12.9. The highest BCUT2D eigenvalue weighted by Crippen LogP contribution is 2.28. The Kier molecular flexibility index (Phi) is 11.9. The minimum absolute atomic E-state index is 0.00603. The summed E-state index contributed by atoms with van der Waals surface area (Å²) in [6, 6.07) is 6.20. The highest BCUT2D eigenvalue weighted by atomic mass is 32.1. The van der Waals surface area contributed by atoms with E-state index < -0.39 is 23.6 Å². The van der Waals surface area contributed by atoms with Gasteiger partial charge in [0.15, 0.2) is 0 Å². The largest absolute Gasteiger partial charge is 0.391 e. The normalized spacial score (nSPS) is 20.5. The van der Waals surface area contributed by atoms with Gasteiger partial charge in [-0.1, -0.05) is 45.0 Å². The second kappa shape index (κ2) is 15.4. The number of nitrogens with zero attached hydrogens (tertiary/aromatic N) is 3. The topological polar surface area (TPSA) is 150 Å². The summed E-state index contributed by atoms with van der Waals surface area (Å²) in [4.78, 5) is 49.3. The van der Waals surface area contributed by atoms with Crippen LogP contribution in [0.4, 0.5) is 0 Å². The molecule has 242 valence electrons. The molecule has 2 saturated heterocycles. The third-order valence-electron chi connectivity index (χ3n) is 8.37. The number of aliphatic hydroxyl groups is 1. The van der Waals surface area contributed by atoms with Gasteiger partial charge in [0.25, 0.3) is 0 Å². The third kappa shape index (κ3) is 9.07. The lowest BCUT2D eigenvalue weighted by Gasteiger charge is -2.35. The van der Waals surface area contributed by atoms with Gasteiger partial charge in [-0.05, 0) is 55.8 Å². The molecule has 0 radical (unpaired) electrons. The van der Waals surface area contributed by atoms with Crippen LogP contribution in [0.3, 0.4) is 0 Å². The van der Waals surface area contributed by atoms with Gasteiger partial charge >= 0.3 is 0 Å². The number of carbonyl (C=O) groups excluding carboxylic acids is 3. The molecule has 4 rings (SSSR count). The second-order valence-corrected chi connectivity index (χ2v) is 13.8. The van der Waals surface area contributed by atoms with Gasteiger partial charge in [0, 0.05) is 32.6 Å². The van der Waals surface area contributed by atoms with Crippen LogP contribution >= 0.6 is 11.3 Å². The molecule has 5 N–H and O–H groups in total. The number of likely N-dealkylation sites (tertiary alicyclic amines) is 2. The summed E-state index contributed by atoms with van der Waals surface area (Å²) in [5.74, 6) is -1.10. The van der Waals surface area contributed by atoms with Crippen molar-refractivity contribution in [2.24, 2.45) is 11.1 Å². The van der Waals surface area contributed by atoms with Crippen LogP contribution in [0.5, 0.6) is 0 Å². The fraction of sp³-hybridized carbons (Fsp3) is 0.625. The van der Waals surface area contributed by atoms with E-state index in [1.165, 1.54) is 4.90 Å². The lowest BCUT2D eigenvalue weighted by Crippen LogP contribution is -2.58. The first-order valence-electron chi connectivity index (χ1n) is 15.5. The predicted octanol–water partition coefficient (Wildman–Crippen LogP) is 2.06. The monoisotopic (exact) mass is 628 g/mol. The summed E-state index contributed by atoms with van der Waals surface area (Å²) in [5.41, 5.74) is 9.77. The molecule has 0 saturated carbocycles. The van der Waals surface area contributed by atoms with Crippen LogP contribution in [0.15, 0.2) is 29.8 Å². The molecule has 3 atom stereocenters. The quantitative estimate of drug-likeness (QED) is 0.279. The molecule has 12 heteroatoms. The van der Waals surface area contributed by atoms with E-state index in [1.54, 1.807) is 11.3 Å². The maximum atomic E-state index is 13.8. The van der Waals surface area contributed by atoms with Crippen LogP contribution in [-0.2, 0) is 25.7 Å². The van der Waals surface area contributed by atoms with E-state index in [4.69, 9.17) is 10.5 Å². The summed E-state index contributed by atoms with van der Waals surface area (Å²) in [6.45, 7) is 11.2. The van der Waals surface area contributed by atoms with Crippen molar-refractivity contribution in [3.8, 4) is 10.4 Å². The Balaban J connectivity index is 1.31. The molecular weight excluding hydrogens is 580 g/mol. The molecule has 2 fully saturated rings. The molecule has 3 heterocycles. The van der Waals surface area contributed by atoms with Crippen LogP contribution in [0.25, 0.3) is 10.4 Å². The average Bonchev–Trinajstić information content (AvgIpc) is 3.61. The molecule has 1 aromatic heterocycles. The van der Waals surface area contributed by atoms with Gasteiger partial charge in [-0.3, -0.25) is 14.4 Å². The first kappa shape index (κ1) is 34.0. The Bertz CT molecular complexity index is 1250. The van der Waals surface area contributed by atoms with Gasteiger partial charge in [0.05, 0.1) is 28.3 Å². The van der Waals surface area contributed by atoms with Crippen LogP contribution < -0.4 is 16.4 Å². The lowest BCUT2D eigenvalue weighted by atomic mass is 9.85. The van der Waals surface area contributed by atoms with E-state index in [2.05, 4.69) is 20.5 Å². The standard InChI is InChI=1S/C32H48N6O5S/c1-21-28(44-20-35-21)23-8-6-22(7-9-23)17-34-30(41)26-16-24(39)18-38(26)31(42)29(32(2,3)4)36-27(40)19-43-25-10-14-37(15-11-25)13-5-12-33/h6-9,20,24-26,29,39H,5,10-19,33H2,1-4H3,(H,34,41)(H,36,40)/t24-,26+,29-/m1/s1. The van der Waals surface area contributed by atoms with Gasteiger partial charge in [-0.25, -0.2) is 4.98 Å². The average molecular weight is 629 g/mol. The number of rotatable bonds is 12. The van der Waals surface area contributed by atoms with Crippen molar-refractivity contribution < 1.29 is 24.2 Å². The van der Waals surface area contributed by atoms with Gasteiger partial charge in [-0.2, -0.15) is 0 Å². The molecular formula is C32H48N6O5S. The molecule has 1 aromatic carbocycles. The Labute approximate surface area is 264 Å². The fourth-order valence-electron chi connectivity index (χ4n) is 5.79. The molecule has 44 heavy (non-hydrogen) atoms. The lowest BCUT2D eigenvalue weighted by molar-refractivity contribution is -0.145. The van der Waals surface area contributed by atoms with E-state index in [0.717, 1.165) is 60.6 Å². The van der Waals surface area contributed by atoms with Gasteiger partial charge in [0.1, 0.15) is 18.7 Å². The maximum absolute atomic E-state index is 13.8. The van der Waals surface area contributed by atoms with Gasteiger partial charge in [-0.15, -0.1) is 11.3 Å². The number of nitrogens with one attached hydrogen (secondary N) is 2. The smallest absolute Gasteiger partial charge is 0.246 e. The van der Waals surface area contributed by atoms with Crippen LogP contribution in [-0.4, -0.2) is 101 Å². The molecule has 0 unspecified atom stereocenters. The third-order valence-corrected chi connectivity index (χ3v) is 9.35. The van der Waals surface area contributed by atoms with Crippen molar-refractivity contribution >= 4 is 29.1 Å². The van der Waals surface area contributed by atoms with E-state index in [0.29, 0.717) is 6.54 Å². The number of aryl methyl sites for hydroxylation is 1. The number of aliphatic hydroxyl groups excluding tert-OH is 1. The van der Waals surface area contributed by atoms with E-state index in [-0.39, 0.29) is 49.9 Å². The summed E-state index contributed by atoms with van der Waals surface area (Å²) in [6.07, 6.45) is 1.96. The molecule has 2 aromatic rings. The summed E-state index contributed by atoms with van der Waals surface area (Å²) >= 11 is 1.59. The van der Waals surface area contributed by atoms with Crippen LogP contribution in [0.1, 0.15) is 57.7 Å². The molecule has 0 aliphatic carbocycles. The molecule has 2 aliphatic heterocycles. The van der Waals surface area contributed by atoms with E-state index in [1.807, 2.05) is 57.5 Å². The van der Waals surface area contributed by atoms with Crippen molar-refractivity contribution in [2.75, 3.05) is 39.3 Å². The first-order valence-corrected chi connectivity index (χ1v) is 16.4. The minimum Gasteiger partial charge on any atom is -0.391 e. The van der Waals surface area contributed by atoms with Gasteiger partial charge < -0.3 is 36.0 Å². The summed E-state index contributed by atoms with van der Waals surface area (Å²) < 4.78 is 5.91. The predicted molar refractivity (Wildman–Crippen MR) is 171 cm³/mol. The molecule has 2 aliphatic rings. The summed E-state index contributed by atoms with van der Waals surface area (Å²) in [5, 5.41) is 16.3. The van der Waals surface area contributed by atoms with E-state index in [9.17, 15) is 19.5 Å². The number of amides is 3. The Morgan fingerprint density at radius 3 is 2.50 bits per heavy atom. The molecule has 0 bridgehead atoms. The zero-order valence-electron chi connectivity index (χ0n) is 26.4. The van der Waals surface area contributed by atoms with Crippen LogP contribution in [0.2, 0.25) is 0 Å². The number of hydrogen-bond donors (Lipinski definition) is 4. The number of ether oxygens (including phenoxy) is 1.